The Morgan fingerprint density at radius 1 is 1.18 bits per heavy atom. The maximum absolute atomic E-state index is 13.7. The number of aryl methyl sites for hydroxylation is 1. The Hall–Kier alpha value is -3.94. The molecule has 4 aromatic heterocycles. The highest BCUT2D eigenvalue weighted by Gasteiger charge is 2.32. The average Bonchev–Trinajstić information content (AvgIpc) is 3.58. The van der Waals surface area contributed by atoms with E-state index in [2.05, 4.69) is 25.4 Å². The molecule has 1 aliphatic rings. The molecule has 1 saturated heterocycles. The smallest absolute Gasteiger partial charge is 0.416 e. The van der Waals surface area contributed by atoms with Crippen molar-refractivity contribution < 1.29 is 23.0 Å². The molecule has 202 valence electrons. The molecule has 0 aliphatic carbocycles. The van der Waals surface area contributed by atoms with Crippen molar-refractivity contribution in [2.45, 2.75) is 25.2 Å². The number of aliphatic hydroxyl groups excluding tert-OH is 1. The second-order valence-electron chi connectivity index (χ2n) is 9.34. The number of aromatic nitrogens is 6. The molecule has 0 spiro atoms. The molecule has 39 heavy (non-hydrogen) atoms. The van der Waals surface area contributed by atoms with E-state index in [4.69, 9.17) is 16.3 Å². The molecule has 2 N–H and O–H groups in total. The molecular weight excluding hydrogens is 537 g/mol. The maximum atomic E-state index is 13.7. The molecule has 0 radical (unpaired) electrons. The Morgan fingerprint density at radius 2 is 2.03 bits per heavy atom. The number of likely N-dealkylation sites (tertiary alicyclic amines) is 1. The molecule has 0 saturated carbocycles. The maximum Gasteiger partial charge on any atom is 0.416 e. The summed E-state index contributed by atoms with van der Waals surface area (Å²) in [5.41, 5.74) is 1.25. The first-order chi connectivity index (χ1) is 18.7. The fourth-order valence-electron chi connectivity index (χ4n) is 4.67. The van der Waals surface area contributed by atoms with Gasteiger partial charge in [0.1, 0.15) is 16.1 Å². The van der Waals surface area contributed by atoms with Gasteiger partial charge >= 0.3 is 6.18 Å². The number of hydrogen-bond donors (Lipinski definition) is 2. The van der Waals surface area contributed by atoms with Crippen molar-refractivity contribution in [3.8, 4) is 11.5 Å². The molecule has 10 nitrogen and oxygen atoms in total. The zero-order valence-electron chi connectivity index (χ0n) is 20.5. The van der Waals surface area contributed by atoms with Gasteiger partial charge in [-0.1, -0.05) is 11.6 Å². The number of benzene rings is 1. The summed E-state index contributed by atoms with van der Waals surface area (Å²) in [6.45, 7) is 1.32. The lowest BCUT2D eigenvalue weighted by atomic mass is 10.1. The van der Waals surface area contributed by atoms with Gasteiger partial charge in [0.25, 0.3) is 0 Å². The van der Waals surface area contributed by atoms with Crippen molar-refractivity contribution in [1.29, 1.82) is 0 Å². The lowest BCUT2D eigenvalue weighted by Gasteiger charge is -2.18. The molecule has 1 atom stereocenters. The monoisotopic (exact) mass is 558 g/mol. The van der Waals surface area contributed by atoms with Gasteiger partial charge < -0.3 is 19.7 Å². The van der Waals surface area contributed by atoms with E-state index in [0.717, 1.165) is 12.1 Å². The predicted molar refractivity (Wildman–Crippen MR) is 137 cm³/mol. The first kappa shape index (κ1) is 25.3. The van der Waals surface area contributed by atoms with Crippen LogP contribution >= 0.6 is 11.6 Å². The fourth-order valence-corrected chi connectivity index (χ4v) is 4.97. The number of β-amino-alcohol motifs (C(OH)–C–C–N with tert-alkyl or cyclic N) is 1. The second kappa shape index (κ2) is 9.67. The third kappa shape index (κ3) is 4.95. The van der Waals surface area contributed by atoms with Crippen molar-refractivity contribution in [3.05, 3.63) is 65.3 Å². The van der Waals surface area contributed by atoms with E-state index >= 15 is 0 Å². The van der Waals surface area contributed by atoms with Crippen molar-refractivity contribution in [3.63, 3.8) is 0 Å². The molecule has 6 rings (SSSR count). The molecule has 1 aromatic carbocycles. The minimum atomic E-state index is -4.53. The predicted octanol–water partition coefficient (Wildman–Crippen LogP) is 4.79. The number of anilines is 2. The van der Waals surface area contributed by atoms with E-state index in [-0.39, 0.29) is 34.6 Å². The average molecular weight is 559 g/mol. The van der Waals surface area contributed by atoms with Crippen LogP contribution in [0.3, 0.4) is 0 Å². The number of hydrogen-bond acceptors (Lipinski definition) is 8. The molecule has 5 heterocycles. The van der Waals surface area contributed by atoms with Crippen LogP contribution in [-0.4, -0.2) is 58.3 Å². The highest BCUT2D eigenvalue weighted by molar-refractivity contribution is 6.36. The summed E-state index contributed by atoms with van der Waals surface area (Å²) in [6.07, 6.45) is 3.42. The second-order valence-corrected chi connectivity index (χ2v) is 9.72. The third-order valence-electron chi connectivity index (χ3n) is 6.54. The van der Waals surface area contributed by atoms with Gasteiger partial charge in [0.15, 0.2) is 17.1 Å². The van der Waals surface area contributed by atoms with Crippen LogP contribution in [0.15, 0.2) is 49.2 Å². The van der Waals surface area contributed by atoms with E-state index < -0.39 is 17.8 Å². The van der Waals surface area contributed by atoms with Crippen LogP contribution in [0.2, 0.25) is 5.02 Å². The Kier molecular flexibility index (Phi) is 6.28. The summed E-state index contributed by atoms with van der Waals surface area (Å²) in [5, 5.41) is 17.2. The number of halogens is 4. The lowest BCUT2D eigenvalue weighted by Crippen LogP contribution is -2.22. The quantitative estimate of drug-likeness (QED) is 0.307. The normalized spacial score (nSPS) is 16.4. The van der Waals surface area contributed by atoms with E-state index in [1.807, 2.05) is 4.90 Å². The number of alkyl halides is 3. The number of pyridine rings is 1. The largest absolute Gasteiger partial charge is 0.450 e. The Balaban J connectivity index is 1.32. The van der Waals surface area contributed by atoms with Gasteiger partial charge in [-0.2, -0.15) is 23.3 Å². The number of nitrogens with zero attached hydrogens (tertiary/aromatic N) is 7. The van der Waals surface area contributed by atoms with E-state index in [0.29, 0.717) is 41.9 Å². The summed E-state index contributed by atoms with van der Waals surface area (Å²) < 4.78 is 50.3. The van der Waals surface area contributed by atoms with Gasteiger partial charge in [0.2, 0.25) is 5.95 Å². The van der Waals surface area contributed by atoms with E-state index in [1.54, 1.807) is 40.8 Å². The first-order valence-corrected chi connectivity index (χ1v) is 12.4. The van der Waals surface area contributed by atoms with Crippen LogP contribution < -0.4 is 10.1 Å². The van der Waals surface area contributed by atoms with Crippen LogP contribution in [0.25, 0.3) is 16.7 Å². The van der Waals surface area contributed by atoms with Crippen LogP contribution in [0, 0.1) is 0 Å². The summed E-state index contributed by atoms with van der Waals surface area (Å²) in [6, 6.07) is 3.80. The van der Waals surface area contributed by atoms with Crippen molar-refractivity contribution in [2.24, 2.45) is 7.05 Å². The topological polar surface area (TPSA) is 106 Å². The Bertz CT molecular complexity index is 1690. The number of fused-ring (bicyclic) bond motifs is 2. The third-order valence-corrected chi connectivity index (χ3v) is 6.91. The zero-order valence-corrected chi connectivity index (χ0v) is 21.3. The van der Waals surface area contributed by atoms with Gasteiger partial charge in [-0.05, 0) is 30.2 Å². The molecule has 0 unspecified atom stereocenters. The minimum absolute atomic E-state index is 0.212. The van der Waals surface area contributed by atoms with Crippen molar-refractivity contribution in [2.75, 3.05) is 18.4 Å². The number of rotatable bonds is 6. The summed E-state index contributed by atoms with van der Waals surface area (Å²) >= 11 is 6.68. The summed E-state index contributed by atoms with van der Waals surface area (Å²) in [4.78, 5) is 14.8. The molecular formula is C25H22ClF3N8O2. The van der Waals surface area contributed by atoms with Gasteiger partial charge in [-0.3, -0.25) is 9.88 Å². The first-order valence-electron chi connectivity index (χ1n) is 12.0. The van der Waals surface area contributed by atoms with Gasteiger partial charge in [0, 0.05) is 44.8 Å². The highest BCUT2D eigenvalue weighted by Crippen LogP contribution is 2.37. The van der Waals surface area contributed by atoms with E-state index in [1.165, 1.54) is 12.4 Å². The number of ether oxygens (including phenoxy) is 1. The molecule has 0 amide bonds. The zero-order chi connectivity index (χ0) is 27.3. The Morgan fingerprint density at radius 3 is 2.79 bits per heavy atom. The van der Waals surface area contributed by atoms with Crippen LogP contribution in [0.5, 0.6) is 11.5 Å². The van der Waals surface area contributed by atoms with Gasteiger partial charge in [-0.15, -0.1) is 0 Å². The number of aliphatic hydroxyl groups is 1. The van der Waals surface area contributed by atoms with Gasteiger partial charge in [0.05, 0.1) is 30.3 Å². The van der Waals surface area contributed by atoms with Crippen LogP contribution in [0.4, 0.5) is 24.8 Å². The molecule has 0 bridgehead atoms. The lowest BCUT2D eigenvalue weighted by molar-refractivity contribution is -0.137. The number of nitrogens with one attached hydrogen (secondary N) is 1. The van der Waals surface area contributed by atoms with Crippen molar-refractivity contribution in [1.82, 2.24) is 34.0 Å². The molecule has 1 aliphatic heterocycles. The SMILES string of the molecule is Cn1c(Nc2cc(CN3CC[C@@H](O)C3)cc(C(F)(F)F)c2)nc2ncc(Oc3cnn4ccncc34)c(Cl)c21. The fraction of sp³-hybridized carbons (Fsp3) is 0.280. The molecule has 5 aromatic rings. The Labute approximate surface area is 224 Å². The van der Waals surface area contributed by atoms with Gasteiger partial charge in [-0.25, -0.2) is 9.50 Å². The molecule has 14 heteroatoms. The van der Waals surface area contributed by atoms with E-state index in [9.17, 15) is 18.3 Å². The van der Waals surface area contributed by atoms with Crippen LogP contribution in [-0.2, 0) is 19.8 Å². The standard InChI is InChI=1S/C25H22ClF3N8O2/c1-35-22-21(26)20(39-19-11-32-37-5-3-30-9-18(19)37)10-31-23(22)34-24(35)33-16-7-14(6-15(8-16)25(27,28)29)12-36-4-2-17(38)13-36/h3,5-11,17,38H,2,4,12-13H2,1H3,(H,31,33,34)/t17-/m1/s1. The van der Waals surface area contributed by atoms with Crippen molar-refractivity contribution >= 4 is 39.9 Å². The number of imidazole rings is 1. The summed E-state index contributed by atoms with van der Waals surface area (Å²) in [7, 11) is 1.67. The van der Waals surface area contributed by atoms with Crippen LogP contribution in [0.1, 0.15) is 17.5 Å². The molecule has 1 fully saturated rings. The highest BCUT2D eigenvalue weighted by atomic mass is 35.5. The summed E-state index contributed by atoms with van der Waals surface area (Å²) in [5.74, 6) is 0.930. The minimum Gasteiger partial charge on any atom is -0.450 e.